The SMILES string of the molecule is O.O.O=C(O)C(=O)O.[Fe]. The fraction of sp³-hybridized carbons (Fsp3) is 0. The van der Waals surface area contributed by atoms with Crippen LogP contribution in [0, 0.1) is 0 Å². The molecule has 0 aliphatic carbocycles. The van der Waals surface area contributed by atoms with Gasteiger partial charge in [-0.25, -0.2) is 9.59 Å². The van der Waals surface area contributed by atoms with Gasteiger partial charge in [0.15, 0.2) is 0 Å². The Labute approximate surface area is 60.6 Å². The molecule has 0 rings (SSSR count). The van der Waals surface area contributed by atoms with Crippen LogP contribution in [-0.4, -0.2) is 33.1 Å². The first-order valence-corrected chi connectivity index (χ1v) is 1.11. The minimum Gasteiger partial charge on any atom is -0.473 e. The van der Waals surface area contributed by atoms with E-state index in [1.165, 1.54) is 0 Å². The van der Waals surface area contributed by atoms with E-state index in [4.69, 9.17) is 19.8 Å². The maximum Gasteiger partial charge on any atom is 0.414 e. The van der Waals surface area contributed by atoms with Crippen molar-refractivity contribution in [2.45, 2.75) is 0 Å². The molecule has 9 heavy (non-hydrogen) atoms. The summed E-state index contributed by atoms with van der Waals surface area (Å²) in [5.74, 6) is -3.65. The standard InChI is InChI=1S/C2H2O4.Fe.2H2O/c3-1(4)2(5)6;;;/h(H,3,4)(H,5,6);;2*1H2. The Morgan fingerprint density at radius 3 is 1.00 bits per heavy atom. The third-order valence-electron chi connectivity index (χ3n) is 0.183. The Morgan fingerprint density at radius 1 is 0.889 bits per heavy atom. The van der Waals surface area contributed by atoms with Crippen molar-refractivity contribution in [3.63, 3.8) is 0 Å². The summed E-state index contributed by atoms with van der Waals surface area (Å²) in [6.45, 7) is 0. The van der Waals surface area contributed by atoms with Crippen molar-refractivity contribution in [3.05, 3.63) is 0 Å². The fourth-order valence-corrected chi connectivity index (χ4v) is 0. The van der Waals surface area contributed by atoms with Crippen molar-refractivity contribution < 1.29 is 47.8 Å². The number of carboxylic acids is 2. The van der Waals surface area contributed by atoms with Gasteiger partial charge in [0, 0.05) is 17.1 Å². The zero-order chi connectivity index (χ0) is 5.15. The van der Waals surface area contributed by atoms with Crippen LogP contribution in [0.25, 0.3) is 0 Å². The first-order chi connectivity index (χ1) is 2.64. The average Bonchev–Trinajstić information content (AvgIpc) is 1.36. The summed E-state index contributed by atoms with van der Waals surface area (Å²) >= 11 is 0. The van der Waals surface area contributed by atoms with Gasteiger partial charge in [0.05, 0.1) is 0 Å². The number of carboxylic acid groups (broad SMARTS) is 2. The third-order valence-corrected chi connectivity index (χ3v) is 0.183. The number of rotatable bonds is 0. The van der Waals surface area contributed by atoms with Crippen LogP contribution in [-0.2, 0) is 26.7 Å². The molecule has 0 atom stereocenters. The zero-order valence-electron chi connectivity index (χ0n) is 4.06. The number of aliphatic carboxylic acids is 2. The van der Waals surface area contributed by atoms with Crippen LogP contribution in [0.1, 0.15) is 0 Å². The molecule has 0 amide bonds. The molecule has 0 saturated carbocycles. The van der Waals surface area contributed by atoms with Crippen molar-refractivity contribution in [1.29, 1.82) is 0 Å². The van der Waals surface area contributed by atoms with Crippen molar-refractivity contribution in [2.24, 2.45) is 0 Å². The summed E-state index contributed by atoms with van der Waals surface area (Å²) in [7, 11) is 0. The molecule has 0 unspecified atom stereocenters. The minimum absolute atomic E-state index is 0. The molecule has 0 fully saturated rings. The molecule has 0 aromatic carbocycles. The van der Waals surface area contributed by atoms with E-state index in [1.807, 2.05) is 0 Å². The molecule has 58 valence electrons. The minimum atomic E-state index is -1.82. The molecule has 7 heteroatoms. The molecule has 0 aromatic heterocycles. The smallest absolute Gasteiger partial charge is 0.414 e. The van der Waals surface area contributed by atoms with E-state index < -0.39 is 11.9 Å². The summed E-state index contributed by atoms with van der Waals surface area (Å²) < 4.78 is 0. The van der Waals surface area contributed by atoms with E-state index in [9.17, 15) is 0 Å². The summed E-state index contributed by atoms with van der Waals surface area (Å²) in [5.41, 5.74) is 0. The van der Waals surface area contributed by atoms with Crippen LogP contribution in [0.2, 0.25) is 0 Å². The summed E-state index contributed by atoms with van der Waals surface area (Å²) in [6, 6.07) is 0. The van der Waals surface area contributed by atoms with E-state index in [1.54, 1.807) is 0 Å². The number of carbonyl (C=O) groups is 2. The Kier molecular flexibility index (Phi) is 27.4. The maximum atomic E-state index is 9.10. The van der Waals surface area contributed by atoms with Crippen molar-refractivity contribution >= 4 is 11.9 Å². The van der Waals surface area contributed by atoms with Gasteiger partial charge in [0.25, 0.3) is 0 Å². The van der Waals surface area contributed by atoms with Crippen LogP contribution in [0.4, 0.5) is 0 Å². The van der Waals surface area contributed by atoms with Crippen molar-refractivity contribution in [1.82, 2.24) is 0 Å². The molecule has 0 aliphatic rings. The quantitative estimate of drug-likeness (QED) is 0.315. The summed E-state index contributed by atoms with van der Waals surface area (Å²) in [6.07, 6.45) is 0. The molecule has 6 N–H and O–H groups in total. The predicted molar refractivity (Wildman–Crippen MR) is 22.5 cm³/mol. The molecule has 0 heterocycles. The normalized spacial score (nSPS) is 4.89. The average molecular weight is 182 g/mol. The Bertz CT molecular complexity index is 77.1. The molecule has 0 bridgehead atoms. The van der Waals surface area contributed by atoms with Gasteiger partial charge >= 0.3 is 11.9 Å². The van der Waals surface area contributed by atoms with Crippen LogP contribution in [0.15, 0.2) is 0 Å². The van der Waals surface area contributed by atoms with Gasteiger partial charge in [-0.05, 0) is 0 Å². The van der Waals surface area contributed by atoms with E-state index >= 15 is 0 Å². The van der Waals surface area contributed by atoms with Crippen LogP contribution < -0.4 is 0 Å². The first-order valence-electron chi connectivity index (χ1n) is 1.11. The second-order valence-corrected chi connectivity index (χ2v) is 0.610. The van der Waals surface area contributed by atoms with E-state index in [-0.39, 0.29) is 28.0 Å². The second kappa shape index (κ2) is 10.4. The summed E-state index contributed by atoms with van der Waals surface area (Å²) in [5, 5.41) is 14.8. The van der Waals surface area contributed by atoms with Gasteiger partial charge in [0.1, 0.15) is 0 Å². The van der Waals surface area contributed by atoms with Gasteiger partial charge in [-0.1, -0.05) is 0 Å². The molecule has 0 aromatic rings. The van der Waals surface area contributed by atoms with Crippen LogP contribution >= 0.6 is 0 Å². The largest absolute Gasteiger partial charge is 0.473 e. The molecular weight excluding hydrogens is 176 g/mol. The van der Waals surface area contributed by atoms with Gasteiger partial charge in [-0.3, -0.25) is 0 Å². The van der Waals surface area contributed by atoms with Gasteiger partial charge < -0.3 is 21.2 Å². The zero-order valence-corrected chi connectivity index (χ0v) is 5.17. The van der Waals surface area contributed by atoms with E-state index in [0.717, 1.165) is 0 Å². The second-order valence-electron chi connectivity index (χ2n) is 0.610. The predicted octanol–water partition coefficient (Wildman–Crippen LogP) is -2.50. The number of hydrogen-bond donors (Lipinski definition) is 2. The molecule has 0 saturated heterocycles. The van der Waals surface area contributed by atoms with Crippen molar-refractivity contribution in [2.75, 3.05) is 0 Å². The van der Waals surface area contributed by atoms with Gasteiger partial charge in [-0.15, -0.1) is 0 Å². The first kappa shape index (κ1) is 23.8. The molecule has 0 aliphatic heterocycles. The van der Waals surface area contributed by atoms with Crippen LogP contribution in [0.3, 0.4) is 0 Å². The van der Waals surface area contributed by atoms with E-state index in [2.05, 4.69) is 0 Å². The van der Waals surface area contributed by atoms with Crippen molar-refractivity contribution in [3.8, 4) is 0 Å². The third kappa shape index (κ3) is 18.7. The molecular formula is C2H6FeO6. The summed E-state index contributed by atoms with van der Waals surface area (Å²) in [4.78, 5) is 18.2. The monoisotopic (exact) mass is 182 g/mol. The fourth-order valence-electron chi connectivity index (χ4n) is 0. The Hall–Kier alpha value is -0.621. The molecule has 6 nitrogen and oxygen atoms in total. The van der Waals surface area contributed by atoms with E-state index in [0.29, 0.717) is 0 Å². The topological polar surface area (TPSA) is 138 Å². The molecule has 0 radical (unpaired) electrons. The molecule has 0 spiro atoms. The van der Waals surface area contributed by atoms with Gasteiger partial charge in [-0.2, -0.15) is 0 Å². The Morgan fingerprint density at radius 2 is 1.00 bits per heavy atom. The van der Waals surface area contributed by atoms with Crippen LogP contribution in [0.5, 0.6) is 0 Å². The number of hydrogen-bond acceptors (Lipinski definition) is 2. The Balaban J connectivity index is -0.0000000417. The maximum absolute atomic E-state index is 9.10. The van der Waals surface area contributed by atoms with Gasteiger partial charge in [0.2, 0.25) is 0 Å².